The minimum Gasteiger partial charge on any atom is -0.480 e. The summed E-state index contributed by atoms with van der Waals surface area (Å²) in [6.07, 6.45) is 2.89. The average Bonchev–Trinajstić information content (AvgIpc) is 2.83. The first-order valence-electron chi connectivity index (χ1n) is 11.5. The summed E-state index contributed by atoms with van der Waals surface area (Å²) < 4.78 is 0. The third-order valence-electron chi connectivity index (χ3n) is 5.20. The summed E-state index contributed by atoms with van der Waals surface area (Å²) in [5.74, 6) is -2.37. The fourth-order valence-corrected chi connectivity index (χ4v) is 3.64. The van der Waals surface area contributed by atoms with Crippen LogP contribution in [0.2, 0.25) is 0 Å². The van der Waals surface area contributed by atoms with E-state index < -0.39 is 47.9 Å². The summed E-state index contributed by atoms with van der Waals surface area (Å²) >= 11 is 1.56. The maximum atomic E-state index is 13.0. The predicted octanol–water partition coefficient (Wildman–Crippen LogP) is -1.08. The van der Waals surface area contributed by atoms with E-state index >= 15 is 0 Å². The van der Waals surface area contributed by atoms with Crippen LogP contribution >= 0.6 is 11.8 Å². The van der Waals surface area contributed by atoms with Gasteiger partial charge in [-0.15, -0.1) is 0 Å². The number of hydrogen-bond donors (Lipinski definition) is 7. The topological polar surface area (TPSA) is 215 Å². The number of amides is 3. The lowest BCUT2D eigenvalue weighted by molar-refractivity contribution is -0.142. The highest BCUT2D eigenvalue weighted by molar-refractivity contribution is 7.98. The van der Waals surface area contributed by atoms with Crippen molar-refractivity contribution in [1.82, 2.24) is 16.0 Å². The SMILES string of the molecule is CSCCC(N)C(=O)NC(C)C(=O)NC(Cc1ccccc1)C(=O)NC(CCCN=C(N)N)C(=O)O. The smallest absolute Gasteiger partial charge is 0.326 e. The van der Waals surface area contributed by atoms with Gasteiger partial charge in [0.25, 0.3) is 0 Å². The summed E-state index contributed by atoms with van der Waals surface area (Å²) in [5.41, 5.74) is 17.1. The Balaban J connectivity index is 2.89. The molecule has 0 aromatic heterocycles. The van der Waals surface area contributed by atoms with E-state index in [1.165, 1.54) is 6.92 Å². The van der Waals surface area contributed by atoms with Crippen LogP contribution in [0.3, 0.4) is 0 Å². The normalized spacial score (nSPS) is 14.0. The molecule has 12 nitrogen and oxygen atoms in total. The Hall–Kier alpha value is -3.32. The summed E-state index contributed by atoms with van der Waals surface area (Å²) in [6, 6.07) is 4.95. The first-order valence-corrected chi connectivity index (χ1v) is 12.9. The molecular weight excluding hydrogens is 486 g/mol. The second-order valence-corrected chi connectivity index (χ2v) is 9.20. The molecule has 0 aliphatic heterocycles. The third-order valence-corrected chi connectivity index (χ3v) is 5.84. The molecule has 1 rings (SSSR count). The molecule has 0 aliphatic carbocycles. The Kier molecular flexibility index (Phi) is 14.0. The van der Waals surface area contributed by atoms with E-state index in [9.17, 15) is 24.3 Å². The molecule has 0 heterocycles. The summed E-state index contributed by atoms with van der Waals surface area (Å²) in [7, 11) is 0. The van der Waals surface area contributed by atoms with Crippen LogP contribution in [0.25, 0.3) is 0 Å². The number of aliphatic imine (C=N–C) groups is 1. The number of thioether (sulfide) groups is 1. The zero-order valence-electron chi connectivity index (χ0n) is 20.6. The number of hydrogen-bond acceptors (Lipinski definition) is 7. The van der Waals surface area contributed by atoms with Crippen molar-refractivity contribution in [3.8, 4) is 0 Å². The van der Waals surface area contributed by atoms with Crippen LogP contribution < -0.4 is 33.2 Å². The van der Waals surface area contributed by atoms with Crippen molar-refractivity contribution in [2.45, 2.75) is 56.8 Å². The highest BCUT2D eigenvalue weighted by Gasteiger charge is 2.28. The van der Waals surface area contributed by atoms with Crippen molar-refractivity contribution in [2.75, 3.05) is 18.6 Å². The van der Waals surface area contributed by atoms with E-state index in [-0.39, 0.29) is 25.3 Å². The van der Waals surface area contributed by atoms with E-state index in [1.807, 2.05) is 12.3 Å². The summed E-state index contributed by atoms with van der Waals surface area (Å²) in [6.45, 7) is 1.69. The van der Waals surface area contributed by atoms with Crippen LogP contribution in [-0.2, 0) is 25.6 Å². The van der Waals surface area contributed by atoms with Gasteiger partial charge in [0.1, 0.15) is 18.1 Å². The number of nitrogens with two attached hydrogens (primary N) is 3. The number of carboxylic acids is 1. The molecule has 1 aromatic rings. The summed E-state index contributed by atoms with van der Waals surface area (Å²) in [4.78, 5) is 53.6. The number of nitrogens with one attached hydrogen (secondary N) is 3. The third kappa shape index (κ3) is 11.9. The molecule has 4 unspecified atom stereocenters. The monoisotopic (exact) mass is 523 g/mol. The number of guanidine groups is 1. The van der Waals surface area contributed by atoms with Gasteiger partial charge in [-0.2, -0.15) is 11.8 Å². The first-order chi connectivity index (χ1) is 17.0. The second-order valence-electron chi connectivity index (χ2n) is 8.22. The van der Waals surface area contributed by atoms with Crippen molar-refractivity contribution in [2.24, 2.45) is 22.2 Å². The number of rotatable bonds is 16. The quantitative estimate of drug-likeness (QED) is 0.0795. The number of benzene rings is 1. The molecule has 0 saturated carbocycles. The molecule has 13 heteroatoms. The van der Waals surface area contributed by atoms with Gasteiger partial charge in [0.2, 0.25) is 17.7 Å². The molecule has 1 aromatic carbocycles. The van der Waals surface area contributed by atoms with Crippen molar-refractivity contribution in [3.05, 3.63) is 35.9 Å². The lowest BCUT2D eigenvalue weighted by atomic mass is 10.0. The summed E-state index contributed by atoms with van der Waals surface area (Å²) in [5, 5.41) is 17.2. The first kappa shape index (κ1) is 30.7. The molecule has 36 heavy (non-hydrogen) atoms. The molecule has 0 fully saturated rings. The number of carboxylic acid groups (broad SMARTS) is 1. The Morgan fingerprint density at radius 2 is 1.61 bits per heavy atom. The van der Waals surface area contributed by atoms with Crippen LogP contribution in [0.4, 0.5) is 0 Å². The van der Waals surface area contributed by atoms with E-state index in [0.717, 1.165) is 5.56 Å². The molecule has 0 bridgehead atoms. The van der Waals surface area contributed by atoms with E-state index in [2.05, 4.69) is 20.9 Å². The minimum atomic E-state index is -1.22. The molecular formula is C23H37N7O5S. The molecule has 200 valence electrons. The maximum absolute atomic E-state index is 13.0. The van der Waals surface area contributed by atoms with Gasteiger partial charge in [0, 0.05) is 13.0 Å². The van der Waals surface area contributed by atoms with Crippen LogP contribution in [0.5, 0.6) is 0 Å². The molecule has 0 saturated heterocycles. The molecule has 0 spiro atoms. The molecule has 10 N–H and O–H groups in total. The van der Waals surface area contributed by atoms with Crippen LogP contribution in [0.15, 0.2) is 35.3 Å². The standard InChI is InChI=1S/C23H37N7O5S/c1-14(28-20(32)16(24)10-12-36-2)19(31)30-18(13-15-7-4-3-5-8-15)21(33)29-17(22(34)35)9-6-11-27-23(25)26/h3-5,7-8,14,16-18H,6,9-13,24H2,1-2H3,(H,28,32)(H,29,33)(H,30,31)(H,34,35)(H4,25,26,27). The number of nitrogens with zero attached hydrogens (tertiary/aromatic N) is 1. The van der Waals surface area contributed by atoms with E-state index in [4.69, 9.17) is 17.2 Å². The Morgan fingerprint density at radius 3 is 2.19 bits per heavy atom. The van der Waals surface area contributed by atoms with Crippen LogP contribution in [0, 0.1) is 0 Å². The highest BCUT2D eigenvalue weighted by atomic mass is 32.2. The number of carbonyl (C=O) groups excluding carboxylic acids is 3. The Labute approximate surface area is 215 Å². The lowest BCUT2D eigenvalue weighted by Gasteiger charge is -2.24. The fourth-order valence-electron chi connectivity index (χ4n) is 3.15. The maximum Gasteiger partial charge on any atom is 0.326 e. The van der Waals surface area contributed by atoms with Gasteiger partial charge in [-0.05, 0) is 43.8 Å². The molecule has 0 radical (unpaired) electrons. The van der Waals surface area contributed by atoms with Crippen molar-refractivity contribution < 1.29 is 24.3 Å². The minimum absolute atomic E-state index is 0.0876. The van der Waals surface area contributed by atoms with Gasteiger partial charge in [0.05, 0.1) is 6.04 Å². The van der Waals surface area contributed by atoms with Gasteiger partial charge >= 0.3 is 5.97 Å². The van der Waals surface area contributed by atoms with Gasteiger partial charge in [-0.3, -0.25) is 19.4 Å². The van der Waals surface area contributed by atoms with Crippen molar-refractivity contribution in [3.63, 3.8) is 0 Å². The fraction of sp³-hybridized carbons (Fsp3) is 0.522. The van der Waals surface area contributed by atoms with Crippen molar-refractivity contribution in [1.29, 1.82) is 0 Å². The Bertz CT molecular complexity index is 896. The average molecular weight is 524 g/mol. The predicted molar refractivity (Wildman–Crippen MR) is 140 cm³/mol. The molecule has 4 atom stereocenters. The number of aliphatic carboxylic acids is 1. The van der Waals surface area contributed by atoms with Gasteiger partial charge in [-0.1, -0.05) is 30.3 Å². The zero-order valence-corrected chi connectivity index (χ0v) is 21.4. The molecule has 3 amide bonds. The second kappa shape index (κ2) is 16.4. The van der Waals surface area contributed by atoms with Crippen LogP contribution in [-0.4, -0.2) is 77.5 Å². The van der Waals surface area contributed by atoms with Crippen LogP contribution in [0.1, 0.15) is 31.7 Å². The highest BCUT2D eigenvalue weighted by Crippen LogP contribution is 2.06. The largest absolute Gasteiger partial charge is 0.480 e. The van der Waals surface area contributed by atoms with Gasteiger partial charge in [-0.25, -0.2) is 4.79 Å². The van der Waals surface area contributed by atoms with Gasteiger partial charge in [0.15, 0.2) is 5.96 Å². The van der Waals surface area contributed by atoms with E-state index in [0.29, 0.717) is 18.6 Å². The zero-order chi connectivity index (χ0) is 27.1. The van der Waals surface area contributed by atoms with Crippen molar-refractivity contribution >= 4 is 41.4 Å². The Morgan fingerprint density at radius 1 is 0.972 bits per heavy atom. The van der Waals surface area contributed by atoms with E-state index in [1.54, 1.807) is 36.0 Å². The van der Waals surface area contributed by atoms with Gasteiger partial charge < -0.3 is 38.3 Å². The number of carbonyl (C=O) groups is 4. The lowest BCUT2D eigenvalue weighted by Crippen LogP contribution is -2.57. The molecule has 0 aliphatic rings.